The third-order valence-corrected chi connectivity index (χ3v) is 4.14. The molecule has 0 saturated carbocycles. The van der Waals surface area contributed by atoms with Crippen molar-refractivity contribution in [1.29, 1.82) is 0 Å². The van der Waals surface area contributed by atoms with Crippen LogP contribution in [0.1, 0.15) is 32.3 Å². The van der Waals surface area contributed by atoms with E-state index in [1.807, 2.05) is 13.8 Å². The number of halogens is 1. The Hall–Kier alpha value is -3.15. The van der Waals surface area contributed by atoms with Gasteiger partial charge in [-0.15, -0.1) is 0 Å². The average molecular weight is 369 g/mol. The van der Waals surface area contributed by atoms with E-state index in [0.29, 0.717) is 17.0 Å². The Morgan fingerprint density at radius 1 is 1.11 bits per heavy atom. The first-order valence-electron chi connectivity index (χ1n) is 8.64. The molecule has 1 atom stereocenters. The quantitative estimate of drug-likeness (QED) is 0.674. The third kappa shape index (κ3) is 4.34. The van der Waals surface area contributed by atoms with E-state index in [4.69, 9.17) is 9.15 Å². The lowest BCUT2D eigenvalue weighted by Crippen LogP contribution is -2.30. The lowest BCUT2D eigenvalue weighted by atomic mass is 10.00. The van der Waals surface area contributed by atoms with Gasteiger partial charge in [-0.3, -0.25) is 4.79 Å². The van der Waals surface area contributed by atoms with E-state index < -0.39 is 23.5 Å². The number of amides is 1. The molecule has 0 spiro atoms. The molecule has 1 unspecified atom stereocenters. The highest BCUT2D eigenvalue weighted by molar-refractivity contribution is 5.94. The molecule has 1 aromatic heterocycles. The summed E-state index contributed by atoms with van der Waals surface area (Å²) in [7, 11) is 0. The molecule has 1 N–H and O–H groups in total. The Bertz CT molecular complexity index is 1040. The number of benzene rings is 2. The average Bonchev–Trinajstić information content (AvgIpc) is 2.60. The molecule has 3 rings (SSSR count). The first-order chi connectivity index (χ1) is 12.8. The van der Waals surface area contributed by atoms with E-state index in [0.717, 1.165) is 10.9 Å². The summed E-state index contributed by atoms with van der Waals surface area (Å²) in [4.78, 5) is 24.0. The Labute approximate surface area is 155 Å². The smallest absolute Gasteiger partial charge is 0.336 e. The second-order valence-corrected chi connectivity index (χ2v) is 6.59. The Morgan fingerprint density at radius 3 is 2.59 bits per heavy atom. The van der Waals surface area contributed by atoms with Crippen LogP contribution < -0.4 is 15.7 Å². The molecule has 6 heteroatoms. The lowest BCUT2D eigenvalue weighted by Gasteiger charge is -2.15. The number of rotatable bonds is 5. The van der Waals surface area contributed by atoms with Gasteiger partial charge in [0.2, 0.25) is 0 Å². The number of hydrogen-bond donors (Lipinski definition) is 1. The molecule has 0 fully saturated rings. The second-order valence-electron chi connectivity index (χ2n) is 6.59. The van der Waals surface area contributed by atoms with Gasteiger partial charge >= 0.3 is 5.63 Å². The monoisotopic (exact) mass is 369 g/mol. The van der Waals surface area contributed by atoms with Crippen LogP contribution in [-0.2, 0) is 4.79 Å². The Kier molecular flexibility index (Phi) is 5.26. The molecular formula is C21H20FNO4. The van der Waals surface area contributed by atoms with E-state index >= 15 is 0 Å². The van der Waals surface area contributed by atoms with Crippen molar-refractivity contribution in [1.82, 2.24) is 0 Å². The van der Waals surface area contributed by atoms with Crippen LogP contribution in [0.15, 0.2) is 57.7 Å². The predicted octanol–water partition coefficient (Wildman–Crippen LogP) is 4.46. The van der Waals surface area contributed by atoms with Crippen LogP contribution in [-0.4, -0.2) is 12.0 Å². The first-order valence-corrected chi connectivity index (χ1v) is 8.64. The maximum atomic E-state index is 13.2. The molecule has 2 aromatic carbocycles. The molecule has 140 valence electrons. The molecule has 0 bridgehead atoms. The zero-order valence-electron chi connectivity index (χ0n) is 15.3. The molecule has 0 saturated heterocycles. The van der Waals surface area contributed by atoms with Gasteiger partial charge in [0.1, 0.15) is 17.1 Å². The topological polar surface area (TPSA) is 68.5 Å². The predicted molar refractivity (Wildman–Crippen MR) is 102 cm³/mol. The third-order valence-electron chi connectivity index (χ3n) is 4.14. The molecular weight excluding hydrogens is 349 g/mol. The van der Waals surface area contributed by atoms with Crippen LogP contribution in [0.2, 0.25) is 0 Å². The molecule has 1 heterocycles. The summed E-state index contributed by atoms with van der Waals surface area (Å²) in [6, 6.07) is 12.2. The van der Waals surface area contributed by atoms with Gasteiger partial charge in [0, 0.05) is 23.2 Å². The van der Waals surface area contributed by atoms with Gasteiger partial charge in [-0.1, -0.05) is 19.9 Å². The number of carbonyl (C=O) groups excluding carboxylic acids is 1. The van der Waals surface area contributed by atoms with Crippen molar-refractivity contribution < 1.29 is 18.3 Å². The first kappa shape index (κ1) is 18.6. The van der Waals surface area contributed by atoms with Crippen LogP contribution in [0, 0.1) is 5.82 Å². The van der Waals surface area contributed by atoms with Crippen LogP contribution in [0.4, 0.5) is 10.1 Å². The Balaban J connectivity index is 1.79. The second kappa shape index (κ2) is 7.61. The number of carbonyl (C=O) groups is 1. The van der Waals surface area contributed by atoms with Crippen molar-refractivity contribution in [2.45, 2.75) is 32.8 Å². The summed E-state index contributed by atoms with van der Waals surface area (Å²) < 4.78 is 24.1. The van der Waals surface area contributed by atoms with E-state index in [2.05, 4.69) is 5.32 Å². The van der Waals surface area contributed by atoms with Crippen molar-refractivity contribution >= 4 is 22.6 Å². The minimum Gasteiger partial charge on any atom is -0.481 e. The lowest BCUT2D eigenvalue weighted by molar-refractivity contribution is -0.122. The standard InChI is InChI=1S/C21H20FNO4/c1-12(2)18-11-20(24)27-19-10-16(7-8-17(18)19)26-13(3)21(25)23-15-6-4-5-14(22)9-15/h4-13H,1-3H3,(H,23,25). The Morgan fingerprint density at radius 2 is 1.89 bits per heavy atom. The van der Waals surface area contributed by atoms with E-state index in [1.165, 1.54) is 24.3 Å². The summed E-state index contributed by atoms with van der Waals surface area (Å²) in [6.45, 7) is 5.58. The van der Waals surface area contributed by atoms with E-state index in [9.17, 15) is 14.0 Å². The van der Waals surface area contributed by atoms with Gasteiger partial charge in [-0.2, -0.15) is 0 Å². The molecule has 3 aromatic rings. The minimum absolute atomic E-state index is 0.166. The molecule has 0 radical (unpaired) electrons. The van der Waals surface area contributed by atoms with Crippen LogP contribution >= 0.6 is 0 Å². The van der Waals surface area contributed by atoms with Crippen molar-refractivity contribution in [2.24, 2.45) is 0 Å². The molecule has 0 aliphatic rings. The summed E-state index contributed by atoms with van der Waals surface area (Å²) in [6.07, 6.45) is -0.828. The summed E-state index contributed by atoms with van der Waals surface area (Å²) >= 11 is 0. The van der Waals surface area contributed by atoms with Gasteiger partial charge in [0.15, 0.2) is 6.10 Å². The largest absolute Gasteiger partial charge is 0.481 e. The highest BCUT2D eigenvalue weighted by Gasteiger charge is 2.16. The fourth-order valence-corrected chi connectivity index (χ4v) is 2.79. The number of anilines is 1. The molecule has 0 aliphatic carbocycles. The van der Waals surface area contributed by atoms with Crippen molar-refractivity contribution in [3.63, 3.8) is 0 Å². The van der Waals surface area contributed by atoms with Crippen LogP contribution in [0.3, 0.4) is 0 Å². The van der Waals surface area contributed by atoms with E-state index in [1.54, 1.807) is 31.2 Å². The van der Waals surface area contributed by atoms with E-state index in [-0.39, 0.29) is 5.92 Å². The maximum absolute atomic E-state index is 13.2. The normalized spacial score (nSPS) is 12.2. The zero-order chi connectivity index (χ0) is 19.6. The van der Waals surface area contributed by atoms with Crippen LogP contribution in [0.5, 0.6) is 5.75 Å². The highest BCUT2D eigenvalue weighted by Crippen LogP contribution is 2.27. The maximum Gasteiger partial charge on any atom is 0.336 e. The number of nitrogens with one attached hydrogen (secondary N) is 1. The fraction of sp³-hybridized carbons (Fsp3) is 0.238. The summed E-state index contributed by atoms with van der Waals surface area (Å²) in [5, 5.41) is 3.42. The molecule has 5 nitrogen and oxygen atoms in total. The number of hydrogen-bond acceptors (Lipinski definition) is 4. The minimum atomic E-state index is -0.828. The van der Waals surface area contributed by atoms with Gasteiger partial charge in [0.05, 0.1) is 0 Å². The SMILES string of the molecule is CC(Oc1ccc2c(C(C)C)cc(=O)oc2c1)C(=O)Nc1cccc(F)c1. The molecule has 0 aliphatic heterocycles. The van der Waals surface area contributed by atoms with Gasteiger partial charge < -0.3 is 14.5 Å². The van der Waals surface area contributed by atoms with Crippen LogP contribution in [0.25, 0.3) is 11.0 Å². The fourth-order valence-electron chi connectivity index (χ4n) is 2.79. The van der Waals surface area contributed by atoms with Gasteiger partial charge in [0.25, 0.3) is 5.91 Å². The highest BCUT2D eigenvalue weighted by atomic mass is 19.1. The molecule has 27 heavy (non-hydrogen) atoms. The number of fused-ring (bicyclic) bond motifs is 1. The number of ether oxygens (including phenoxy) is 1. The summed E-state index contributed by atoms with van der Waals surface area (Å²) in [5.41, 5.74) is 1.22. The van der Waals surface area contributed by atoms with Crippen molar-refractivity contribution in [3.8, 4) is 5.75 Å². The van der Waals surface area contributed by atoms with Crippen molar-refractivity contribution in [3.05, 3.63) is 70.3 Å². The van der Waals surface area contributed by atoms with Gasteiger partial charge in [-0.25, -0.2) is 9.18 Å². The van der Waals surface area contributed by atoms with Gasteiger partial charge in [-0.05, 0) is 48.7 Å². The van der Waals surface area contributed by atoms with Crippen molar-refractivity contribution in [2.75, 3.05) is 5.32 Å². The summed E-state index contributed by atoms with van der Waals surface area (Å²) in [5.74, 6) is -0.294. The molecule has 1 amide bonds. The zero-order valence-corrected chi connectivity index (χ0v) is 15.3.